The molecular weight excluding hydrogens is 656 g/mol. The Kier molecular flexibility index (Phi) is 9.10. The molecule has 14 heteroatoms. The molecule has 246 valence electrons. The molecule has 2 aliphatic heterocycles. The number of anilines is 1. The zero-order valence-electron chi connectivity index (χ0n) is 26.1. The van der Waals surface area contributed by atoms with Gasteiger partial charge >= 0.3 is 0 Å². The molecule has 2 aliphatic rings. The molecular formula is C33H31Cl2F3N6O3. The van der Waals surface area contributed by atoms with Crippen LogP contribution < -0.4 is 15.8 Å². The van der Waals surface area contributed by atoms with Crippen LogP contribution in [-0.2, 0) is 4.79 Å². The first kappa shape index (κ1) is 33.9. The first-order valence-corrected chi connectivity index (χ1v) is 15.5. The number of amides is 1. The Morgan fingerprint density at radius 2 is 1.83 bits per heavy atom. The predicted octanol–water partition coefficient (Wildman–Crippen LogP) is 6.35. The number of piperazine rings is 1. The summed E-state index contributed by atoms with van der Waals surface area (Å²) in [6.45, 7) is 13.3. The average molecular weight is 688 g/mol. The number of halogens is 5. The molecule has 0 radical (unpaired) electrons. The minimum atomic E-state index is -1.76. The number of hydrogen-bond donors (Lipinski definition) is 2. The largest absolute Gasteiger partial charge is 0.504 e. The molecule has 0 saturated carbocycles. The first-order valence-electron chi connectivity index (χ1n) is 14.7. The van der Waals surface area contributed by atoms with Gasteiger partial charge in [-0.3, -0.25) is 14.2 Å². The van der Waals surface area contributed by atoms with Crippen molar-refractivity contribution in [1.82, 2.24) is 19.8 Å². The van der Waals surface area contributed by atoms with Gasteiger partial charge in [0, 0.05) is 30.6 Å². The van der Waals surface area contributed by atoms with E-state index in [1.54, 1.807) is 29.0 Å². The Morgan fingerprint density at radius 3 is 2.40 bits per heavy atom. The number of phenols is 1. The summed E-state index contributed by atoms with van der Waals surface area (Å²) < 4.78 is 46.1. The number of nitriles is 1. The number of phenolic OH excluding ortho intramolecular Hbond substituents is 1. The predicted molar refractivity (Wildman–Crippen MR) is 176 cm³/mol. The first-order chi connectivity index (χ1) is 22.2. The number of pyridine rings is 2. The van der Waals surface area contributed by atoms with E-state index in [2.05, 4.69) is 22.9 Å². The van der Waals surface area contributed by atoms with Gasteiger partial charge in [0.15, 0.2) is 23.2 Å². The van der Waals surface area contributed by atoms with Crippen LogP contribution in [0, 0.1) is 34.7 Å². The molecule has 3 atom stereocenters. The van der Waals surface area contributed by atoms with Crippen LogP contribution in [0.2, 0.25) is 10.0 Å². The smallest absolute Gasteiger partial charge is 0.276 e. The second kappa shape index (κ2) is 12.6. The van der Waals surface area contributed by atoms with Crippen LogP contribution in [0.5, 0.6) is 5.75 Å². The van der Waals surface area contributed by atoms with Gasteiger partial charge in [0.05, 0.1) is 33.7 Å². The van der Waals surface area contributed by atoms with Crippen molar-refractivity contribution < 1.29 is 23.1 Å². The Bertz CT molecular complexity index is 1980. The summed E-state index contributed by atoms with van der Waals surface area (Å²) in [5.41, 5.74) is -1.40. The monoisotopic (exact) mass is 686 g/mol. The standard InChI is InChI=1S/C33H31Cl2F3N6O3/c1-7-21(45)43-16(5)12-42(13-17(43)6)30-18-10-20(34)28(22-24(36)25(37)23(35)26(38)31(22)46)41-32(18)44(33(47)19(30)11-39)29-15(4)8-9-40-27(29)14(2)3/h7-10,14,16-17,27,40,46H,1,12-13H2,2-6H3/t16-,17+,27-/m1/s1. The number of benzene rings is 1. The lowest BCUT2D eigenvalue weighted by Gasteiger charge is -2.45. The van der Waals surface area contributed by atoms with Crippen molar-refractivity contribution in [3.05, 3.63) is 80.0 Å². The third-order valence-electron chi connectivity index (χ3n) is 8.55. The highest BCUT2D eigenvalue weighted by Gasteiger charge is 2.37. The van der Waals surface area contributed by atoms with Crippen LogP contribution >= 0.6 is 23.2 Å². The lowest BCUT2D eigenvalue weighted by molar-refractivity contribution is -0.130. The number of rotatable bonds is 5. The maximum atomic E-state index is 15.4. The highest BCUT2D eigenvalue weighted by atomic mass is 35.5. The maximum Gasteiger partial charge on any atom is 0.276 e. The van der Waals surface area contributed by atoms with Crippen LogP contribution in [0.25, 0.3) is 28.0 Å². The second-order valence-corrected chi connectivity index (χ2v) is 12.8. The lowest BCUT2D eigenvalue weighted by atomic mass is 9.94. The Hall–Kier alpha value is -4.47. The Labute approximate surface area is 278 Å². The van der Waals surface area contributed by atoms with Crippen LogP contribution in [0.3, 0.4) is 0 Å². The van der Waals surface area contributed by atoms with Crippen molar-refractivity contribution in [1.29, 1.82) is 5.26 Å². The zero-order valence-corrected chi connectivity index (χ0v) is 27.6. The zero-order chi connectivity index (χ0) is 34.6. The number of nitrogens with zero attached hydrogens (tertiary/aromatic N) is 5. The van der Waals surface area contributed by atoms with E-state index < -0.39 is 51.1 Å². The van der Waals surface area contributed by atoms with Gasteiger partial charge in [-0.05, 0) is 56.7 Å². The van der Waals surface area contributed by atoms with Crippen LogP contribution in [-0.4, -0.2) is 56.7 Å². The van der Waals surface area contributed by atoms with Gasteiger partial charge in [-0.25, -0.2) is 18.2 Å². The SMILES string of the molecule is C=CC(=O)N1[C@H](C)CN(c2c(C#N)c(=O)n(C3=C(C)C=CN[C@@H]3C(C)C)c3nc(-c4c(O)c(F)c(Cl)c(F)c4F)c(Cl)cc23)C[C@@H]1C. The molecule has 0 spiro atoms. The molecule has 2 N–H and O–H groups in total. The van der Waals surface area contributed by atoms with Gasteiger partial charge < -0.3 is 20.2 Å². The van der Waals surface area contributed by atoms with Gasteiger partial charge in [0.2, 0.25) is 5.91 Å². The minimum absolute atomic E-state index is 0.0815. The van der Waals surface area contributed by atoms with Crippen LogP contribution in [0.1, 0.15) is 40.2 Å². The molecule has 5 rings (SSSR count). The summed E-state index contributed by atoms with van der Waals surface area (Å²) in [6.07, 6.45) is 4.68. The fraction of sp³-hybridized carbons (Fsp3) is 0.333. The van der Waals surface area contributed by atoms with Gasteiger partial charge in [0.1, 0.15) is 22.3 Å². The maximum absolute atomic E-state index is 15.4. The summed E-state index contributed by atoms with van der Waals surface area (Å²) >= 11 is 12.2. The number of fused-ring (bicyclic) bond motifs is 1. The number of dihydropyridines is 1. The number of carbonyl (C=O) groups excluding carboxylic acids is 1. The van der Waals surface area contributed by atoms with Crippen LogP contribution in [0.4, 0.5) is 18.9 Å². The number of nitrogens with one attached hydrogen (secondary N) is 1. The minimum Gasteiger partial charge on any atom is -0.504 e. The lowest BCUT2D eigenvalue weighted by Crippen LogP contribution is -2.58. The molecule has 47 heavy (non-hydrogen) atoms. The molecule has 9 nitrogen and oxygen atoms in total. The van der Waals surface area contributed by atoms with Crippen molar-refractivity contribution in [3.8, 4) is 23.1 Å². The van der Waals surface area contributed by atoms with E-state index in [0.29, 0.717) is 11.3 Å². The van der Waals surface area contributed by atoms with Crippen molar-refractivity contribution >= 4 is 51.5 Å². The van der Waals surface area contributed by atoms with Crippen molar-refractivity contribution in [2.24, 2.45) is 5.92 Å². The van der Waals surface area contributed by atoms with E-state index in [-0.39, 0.29) is 64.3 Å². The fourth-order valence-electron chi connectivity index (χ4n) is 6.49. The van der Waals surface area contributed by atoms with E-state index in [4.69, 9.17) is 23.2 Å². The topological polar surface area (TPSA) is 114 Å². The summed E-state index contributed by atoms with van der Waals surface area (Å²) in [5.74, 6) is -6.76. The molecule has 0 unspecified atom stereocenters. The summed E-state index contributed by atoms with van der Waals surface area (Å²) in [4.78, 5) is 35.1. The average Bonchev–Trinajstić information content (AvgIpc) is 3.02. The number of aromatic hydroxyl groups is 1. The quantitative estimate of drug-likeness (QED) is 0.183. The molecule has 2 aromatic heterocycles. The van der Waals surface area contributed by atoms with E-state index >= 15 is 4.39 Å². The highest BCUT2D eigenvalue weighted by Crippen LogP contribution is 2.44. The molecule has 1 aromatic carbocycles. The molecule has 1 fully saturated rings. The number of aromatic nitrogens is 2. The fourth-order valence-corrected chi connectivity index (χ4v) is 6.91. The van der Waals surface area contributed by atoms with Crippen molar-refractivity contribution in [3.63, 3.8) is 0 Å². The Morgan fingerprint density at radius 1 is 1.19 bits per heavy atom. The Balaban J connectivity index is 1.92. The van der Waals surface area contributed by atoms with E-state index in [1.807, 2.05) is 27.7 Å². The van der Waals surface area contributed by atoms with Crippen molar-refractivity contribution in [2.75, 3.05) is 18.0 Å². The molecule has 0 bridgehead atoms. The number of carbonyl (C=O) groups is 1. The summed E-state index contributed by atoms with van der Waals surface area (Å²) in [6, 6.07) is 2.18. The van der Waals surface area contributed by atoms with E-state index in [0.717, 1.165) is 0 Å². The van der Waals surface area contributed by atoms with Crippen LogP contribution in [0.15, 0.2) is 41.4 Å². The number of allylic oxidation sites excluding steroid dienone is 2. The highest BCUT2D eigenvalue weighted by molar-refractivity contribution is 6.34. The number of hydrogen-bond acceptors (Lipinski definition) is 7. The summed E-state index contributed by atoms with van der Waals surface area (Å²) in [5, 5.41) is 22.9. The molecule has 3 aromatic rings. The third-order valence-corrected chi connectivity index (χ3v) is 9.17. The summed E-state index contributed by atoms with van der Waals surface area (Å²) in [7, 11) is 0. The van der Waals surface area contributed by atoms with Gasteiger partial charge in [-0.15, -0.1) is 0 Å². The normalized spacial score (nSPS) is 19.7. The molecule has 0 aliphatic carbocycles. The van der Waals surface area contributed by atoms with Crippen molar-refractivity contribution in [2.45, 2.75) is 52.7 Å². The molecule has 1 saturated heterocycles. The molecule has 1 amide bonds. The van der Waals surface area contributed by atoms with E-state index in [1.165, 1.54) is 16.7 Å². The third kappa shape index (κ3) is 5.41. The van der Waals surface area contributed by atoms with Gasteiger partial charge in [-0.2, -0.15) is 5.26 Å². The second-order valence-electron chi connectivity index (χ2n) is 12.0. The van der Waals surface area contributed by atoms with Gasteiger partial charge in [-0.1, -0.05) is 43.6 Å². The molecule has 4 heterocycles. The van der Waals surface area contributed by atoms with Gasteiger partial charge in [0.25, 0.3) is 5.56 Å². The van der Waals surface area contributed by atoms with E-state index in [9.17, 15) is 28.7 Å².